The molecule has 2 aliphatic rings. The second-order valence-corrected chi connectivity index (χ2v) is 7.26. The lowest BCUT2D eigenvalue weighted by Crippen LogP contribution is -2.37. The number of carbonyl (C=O) groups is 1. The lowest BCUT2D eigenvalue weighted by molar-refractivity contribution is 0.0494. The molecule has 1 fully saturated rings. The van der Waals surface area contributed by atoms with Crippen molar-refractivity contribution in [2.75, 3.05) is 31.6 Å². The van der Waals surface area contributed by atoms with Crippen molar-refractivity contribution in [3.05, 3.63) is 53.1 Å². The molecule has 1 atom stereocenters. The topological polar surface area (TPSA) is 71.0 Å². The Balaban J connectivity index is 1.49. The number of urea groups is 1. The molecule has 4 rings (SSSR count). The highest BCUT2D eigenvalue weighted by Gasteiger charge is 2.40. The Morgan fingerprint density at radius 1 is 1.11 bits per heavy atom. The lowest BCUT2D eigenvalue weighted by Gasteiger charge is -2.26. The first-order valence-corrected chi connectivity index (χ1v) is 9.21. The van der Waals surface area contributed by atoms with Crippen molar-refractivity contribution < 1.29 is 19.4 Å². The third-order valence-electron chi connectivity index (χ3n) is 5.31. The molecule has 0 aromatic heterocycles. The first-order chi connectivity index (χ1) is 13.0. The van der Waals surface area contributed by atoms with Crippen LogP contribution in [0.2, 0.25) is 0 Å². The van der Waals surface area contributed by atoms with Gasteiger partial charge < -0.3 is 24.8 Å². The average Bonchev–Trinajstić information content (AvgIpc) is 3.06. The minimum Gasteiger partial charge on any atom is -0.486 e. The van der Waals surface area contributed by atoms with Crippen LogP contribution in [0, 0.1) is 13.8 Å². The summed E-state index contributed by atoms with van der Waals surface area (Å²) in [5, 5.41) is 14.0. The van der Waals surface area contributed by atoms with E-state index < -0.39 is 5.60 Å². The Labute approximate surface area is 158 Å². The molecule has 6 heteroatoms. The van der Waals surface area contributed by atoms with Crippen LogP contribution < -0.4 is 14.8 Å². The standard InChI is InChI=1S/C21H24N2O4/c1-14-5-3-4-6-16(14)21(25)7-8-23(13-21)20(24)22-17-12-19-18(11-15(17)2)26-9-10-27-19/h3-6,11-12,25H,7-10,13H2,1-2H3,(H,22,24)/t21-/m1/s1. The van der Waals surface area contributed by atoms with E-state index in [2.05, 4.69) is 5.32 Å². The van der Waals surface area contributed by atoms with E-state index >= 15 is 0 Å². The number of amides is 2. The predicted molar refractivity (Wildman–Crippen MR) is 102 cm³/mol. The minimum atomic E-state index is -1.01. The van der Waals surface area contributed by atoms with Crippen molar-refractivity contribution in [1.82, 2.24) is 4.90 Å². The monoisotopic (exact) mass is 368 g/mol. The number of likely N-dealkylation sites (tertiary alicyclic amines) is 1. The number of hydrogen-bond donors (Lipinski definition) is 2. The van der Waals surface area contributed by atoms with Gasteiger partial charge in [-0.2, -0.15) is 0 Å². The van der Waals surface area contributed by atoms with E-state index in [1.54, 1.807) is 11.0 Å². The van der Waals surface area contributed by atoms with Crippen LogP contribution in [0.5, 0.6) is 11.5 Å². The van der Waals surface area contributed by atoms with Crippen LogP contribution in [0.15, 0.2) is 36.4 Å². The molecular weight excluding hydrogens is 344 g/mol. The molecular formula is C21H24N2O4. The summed E-state index contributed by atoms with van der Waals surface area (Å²) in [6.07, 6.45) is 0.519. The number of β-amino-alcohol motifs (C(OH)–C–C–N with tert-alkyl or cyclic N) is 1. The largest absolute Gasteiger partial charge is 0.486 e. The molecule has 0 aliphatic carbocycles. The van der Waals surface area contributed by atoms with Crippen LogP contribution in [0.3, 0.4) is 0 Å². The molecule has 2 aromatic carbocycles. The summed E-state index contributed by atoms with van der Waals surface area (Å²) < 4.78 is 11.2. The summed E-state index contributed by atoms with van der Waals surface area (Å²) >= 11 is 0. The molecule has 6 nitrogen and oxygen atoms in total. The van der Waals surface area contributed by atoms with E-state index in [0.717, 1.165) is 16.7 Å². The third-order valence-corrected chi connectivity index (χ3v) is 5.31. The first kappa shape index (κ1) is 17.7. The molecule has 27 heavy (non-hydrogen) atoms. The van der Waals surface area contributed by atoms with Crippen LogP contribution in [-0.2, 0) is 5.60 Å². The molecule has 2 amide bonds. The van der Waals surface area contributed by atoms with Gasteiger partial charge >= 0.3 is 6.03 Å². The first-order valence-electron chi connectivity index (χ1n) is 9.21. The maximum atomic E-state index is 12.8. The Bertz CT molecular complexity index is 882. The molecule has 0 spiro atoms. The van der Waals surface area contributed by atoms with Gasteiger partial charge in [-0.1, -0.05) is 24.3 Å². The van der Waals surface area contributed by atoms with E-state index in [0.29, 0.717) is 43.4 Å². The number of anilines is 1. The van der Waals surface area contributed by atoms with Gasteiger partial charge in [0.05, 0.1) is 6.54 Å². The van der Waals surface area contributed by atoms with E-state index in [4.69, 9.17) is 9.47 Å². The lowest BCUT2D eigenvalue weighted by atomic mass is 9.89. The number of benzene rings is 2. The van der Waals surface area contributed by atoms with Gasteiger partial charge in [-0.25, -0.2) is 4.79 Å². The molecule has 0 saturated carbocycles. The maximum absolute atomic E-state index is 12.8. The van der Waals surface area contributed by atoms with Gasteiger partial charge in [0.1, 0.15) is 18.8 Å². The highest BCUT2D eigenvalue weighted by molar-refractivity contribution is 5.91. The van der Waals surface area contributed by atoms with Gasteiger partial charge in [-0.3, -0.25) is 0 Å². The fourth-order valence-corrected chi connectivity index (χ4v) is 3.80. The summed E-state index contributed by atoms with van der Waals surface area (Å²) in [5.74, 6) is 1.34. The number of nitrogens with zero attached hydrogens (tertiary/aromatic N) is 1. The summed E-state index contributed by atoms with van der Waals surface area (Å²) in [7, 11) is 0. The van der Waals surface area contributed by atoms with E-state index in [1.807, 2.05) is 44.2 Å². The molecule has 142 valence electrons. The van der Waals surface area contributed by atoms with E-state index in [-0.39, 0.29) is 12.6 Å². The summed E-state index contributed by atoms with van der Waals surface area (Å²) in [6, 6.07) is 11.2. The van der Waals surface area contributed by atoms with Crippen LogP contribution in [0.1, 0.15) is 23.1 Å². The minimum absolute atomic E-state index is 0.223. The van der Waals surface area contributed by atoms with E-state index in [1.165, 1.54) is 0 Å². The van der Waals surface area contributed by atoms with Gasteiger partial charge in [0.2, 0.25) is 0 Å². The van der Waals surface area contributed by atoms with Crippen molar-refractivity contribution in [2.45, 2.75) is 25.9 Å². The Morgan fingerprint density at radius 3 is 2.56 bits per heavy atom. The Kier molecular flexibility index (Phi) is 4.44. The highest BCUT2D eigenvalue weighted by atomic mass is 16.6. The molecule has 2 aromatic rings. The van der Waals surface area contributed by atoms with Gasteiger partial charge in [0.25, 0.3) is 0 Å². The molecule has 0 bridgehead atoms. The number of carbonyl (C=O) groups excluding carboxylic acids is 1. The maximum Gasteiger partial charge on any atom is 0.321 e. The number of hydrogen-bond acceptors (Lipinski definition) is 4. The Morgan fingerprint density at radius 2 is 1.81 bits per heavy atom. The zero-order valence-electron chi connectivity index (χ0n) is 15.6. The number of ether oxygens (including phenoxy) is 2. The molecule has 0 unspecified atom stereocenters. The molecule has 0 radical (unpaired) electrons. The Hall–Kier alpha value is -2.73. The zero-order chi connectivity index (χ0) is 19.0. The van der Waals surface area contributed by atoms with Crippen LogP contribution in [0.4, 0.5) is 10.5 Å². The van der Waals surface area contributed by atoms with Crippen LogP contribution in [-0.4, -0.2) is 42.3 Å². The normalized spacial score (nSPS) is 21.2. The highest BCUT2D eigenvalue weighted by Crippen LogP contribution is 2.37. The molecule has 2 heterocycles. The zero-order valence-corrected chi connectivity index (χ0v) is 15.6. The number of rotatable bonds is 2. The van der Waals surface area contributed by atoms with Crippen molar-refractivity contribution in [3.63, 3.8) is 0 Å². The quantitative estimate of drug-likeness (QED) is 0.854. The summed E-state index contributed by atoms with van der Waals surface area (Å²) in [4.78, 5) is 14.4. The van der Waals surface area contributed by atoms with Crippen molar-refractivity contribution in [2.24, 2.45) is 0 Å². The average molecular weight is 368 g/mol. The summed E-state index contributed by atoms with van der Waals surface area (Å²) in [6.45, 7) is 5.70. The fourth-order valence-electron chi connectivity index (χ4n) is 3.80. The third kappa shape index (κ3) is 3.32. The summed E-state index contributed by atoms with van der Waals surface area (Å²) in [5.41, 5.74) is 2.50. The fraction of sp³-hybridized carbons (Fsp3) is 0.381. The van der Waals surface area contributed by atoms with Crippen LogP contribution in [0.25, 0.3) is 0 Å². The SMILES string of the molecule is Cc1cc2c(cc1NC(=O)N1CC[C@](O)(c3ccccc3C)C1)OCCO2. The molecule has 2 aliphatic heterocycles. The van der Waals surface area contributed by atoms with Gasteiger partial charge in [0.15, 0.2) is 11.5 Å². The number of aliphatic hydroxyl groups is 1. The van der Waals surface area contributed by atoms with Crippen molar-refractivity contribution in [1.29, 1.82) is 0 Å². The number of nitrogens with one attached hydrogen (secondary N) is 1. The second kappa shape index (κ2) is 6.78. The van der Waals surface area contributed by atoms with Gasteiger partial charge in [0, 0.05) is 18.3 Å². The van der Waals surface area contributed by atoms with Crippen LogP contribution >= 0.6 is 0 Å². The van der Waals surface area contributed by atoms with Gasteiger partial charge in [-0.15, -0.1) is 0 Å². The molecule has 2 N–H and O–H groups in total. The molecule has 1 saturated heterocycles. The second-order valence-electron chi connectivity index (χ2n) is 7.26. The van der Waals surface area contributed by atoms with Gasteiger partial charge in [-0.05, 0) is 43.0 Å². The van der Waals surface area contributed by atoms with Crippen molar-refractivity contribution in [3.8, 4) is 11.5 Å². The number of aryl methyl sites for hydroxylation is 2. The van der Waals surface area contributed by atoms with E-state index in [9.17, 15) is 9.90 Å². The smallest absolute Gasteiger partial charge is 0.321 e. The number of fused-ring (bicyclic) bond motifs is 1. The van der Waals surface area contributed by atoms with Crippen molar-refractivity contribution >= 4 is 11.7 Å². The predicted octanol–water partition coefficient (Wildman–Crippen LogP) is 3.20.